The number of alkyl halides is 3. The zero-order valence-corrected chi connectivity index (χ0v) is 10.5. The van der Waals surface area contributed by atoms with E-state index in [4.69, 9.17) is 5.73 Å². The number of nitrogens with zero attached hydrogens (tertiary/aromatic N) is 2. The van der Waals surface area contributed by atoms with Gasteiger partial charge in [-0.25, -0.2) is 0 Å². The standard InChI is InChI=1S/C12H18F3N3O/c13-12(14,15)10-4-7-18(17-10)6-3-9-2-1-5-11(9,19)8-16/h4,7,9,19H,1-3,5-6,8,16H2. The fraction of sp³-hybridized carbons (Fsp3) is 0.750. The number of hydrogen-bond donors (Lipinski definition) is 2. The van der Waals surface area contributed by atoms with E-state index in [1.165, 1.54) is 10.9 Å². The summed E-state index contributed by atoms with van der Waals surface area (Å²) in [5, 5.41) is 13.7. The van der Waals surface area contributed by atoms with Gasteiger partial charge in [0.15, 0.2) is 5.69 Å². The maximum Gasteiger partial charge on any atom is 0.435 e. The first-order valence-electron chi connectivity index (χ1n) is 6.38. The van der Waals surface area contributed by atoms with Crippen molar-refractivity contribution in [2.45, 2.75) is 44.0 Å². The van der Waals surface area contributed by atoms with E-state index >= 15 is 0 Å². The molecule has 1 aliphatic rings. The van der Waals surface area contributed by atoms with Crippen molar-refractivity contribution in [2.24, 2.45) is 11.7 Å². The fourth-order valence-corrected chi connectivity index (χ4v) is 2.73. The lowest BCUT2D eigenvalue weighted by atomic mass is 9.88. The van der Waals surface area contributed by atoms with E-state index in [1.807, 2.05) is 0 Å². The van der Waals surface area contributed by atoms with Gasteiger partial charge in [-0.1, -0.05) is 6.42 Å². The van der Waals surface area contributed by atoms with E-state index in [1.54, 1.807) is 0 Å². The number of aliphatic hydroxyl groups is 1. The van der Waals surface area contributed by atoms with Gasteiger partial charge in [0.25, 0.3) is 0 Å². The first kappa shape index (κ1) is 14.3. The molecule has 4 nitrogen and oxygen atoms in total. The summed E-state index contributed by atoms with van der Waals surface area (Å²) in [6.07, 6.45) is -0.0595. The van der Waals surface area contributed by atoms with Crippen LogP contribution < -0.4 is 5.73 Å². The Morgan fingerprint density at radius 3 is 2.84 bits per heavy atom. The summed E-state index contributed by atoms with van der Waals surface area (Å²) >= 11 is 0. The summed E-state index contributed by atoms with van der Waals surface area (Å²) in [5.41, 5.74) is 3.82. The number of aromatic nitrogens is 2. The lowest BCUT2D eigenvalue weighted by Gasteiger charge is -2.28. The maximum absolute atomic E-state index is 12.4. The van der Waals surface area contributed by atoms with Gasteiger partial charge in [0.2, 0.25) is 0 Å². The largest absolute Gasteiger partial charge is 0.435 e. The molecule has 1 heterocycles. The number of halogens is 3. The second-order valence-corrected chi connectivity index (χ2v) is 5.15. The first-order chi connectivity index (χ1) is 8.85. The van der Waals surface area contributed by atoms with Crippen LogP contribution in [0.5, 0.6) is 0 Å². The molecule has 0 amide bonds. The molecule has 1 aromatic heterocycles. The molecule has 2 atom stereocenters. The molecule has 1 aliphatic carbocycles. The molecule has 0 spiro atoms. The normalized spacial score (nSPS) is 27.9. The van der Waals surface area contributed by atoms with Crippen molar-refractivity contribution in [1.82, 2.24) is 9.78 Å². The van der Waals surface area contributed by atoms with Gasteiger partial charge in [0, 0.05) is 19.3 Å². The van der Waals surface area contributed by atoms with Gasteiger partial charge in [-0.3, -0.25) is 4.68 Å². The van der Waals surface area contributed by atoms with Crippen molar-refractivity contribution >= 4 is 0 Å². The van der Waals surface area contributed by atoms with Crippen LogP contribution in [0.3, 0.4) is 0 Å². The fourth-order valence-electron chi connectivity index (χ4n) is 2.73. The van der Waals surface area contributed by atoms with Crippen LogP contribution in [0.25, 0.3) is 0 Å². The second kappa shape index (κ2) is 5.13. The number of hydrogen-bond acceptors (Lipinski definition) is 3. The average Bonchev–Trinajstić information content (AvgIpc) is 2.93. The van der Waals surface area contributed by atoms with Crippen molar-refractivity contribution in [3.63, 3.8) is 0 Å². The second-order valence-electron chi connectivity index (χ2n) is 5.15. The Bertz CT molecular complexity index is 432. The molecule has 19 heavy (non-hydrogen) atoms. The third-order valence-electron chi connectivity index (χ3n) is 3.91. The predicted molar refractivity (Wildman–Crippen MR) is 63.2 cm³/mol. The molecule has 1 aromatic rings. The summed E-state index contributed by atoms with van der Waals surface area (Å²) in [6, 6.07) is 0.962. The van der Waals surface area contributed by atoms with E-state index < -0.39 is 17.5 Å². The van der Waals surface area contributed by atoms with Gasteiger partial charge >= 0.3 is 6.18 Å². The average molecular weight is 277 g/mol. The molecule has 2 rings (SSSR count). The van der Waals surface area contributed by atoms with Crippen molar-refractivity contribution < 1.29 is 18.3 Å². The molecule has 108 valence electrons. The van der Waals surface area contributed by atoms with Crippen molar-refractivity contribution in [1.29, 1.82) is 0 Å². The maximum atomic E-state index is 12.4. The third kappa shape index (κ3) is 3.09. The minimum Gasteiger partial charge on any atom is -0.388 e. The van der Waals surface area contributed by atoms with Gasteiger partial charge in [-0.05, 0) is 31.2 Å². The van der Waals surface area contributed by atoms with Gasteiger partial charge in [0.1, 0.15) is 0 Å². The Labute approximate surface area is 109 Å². The highest BCUT2D eigenvalue weighted by Gasteiger charge is 2.39. The van der Waals surface area contributed by atoms with Crippen LogP contribution in [0.4, 0.5) is 13.2 Å². The van der Waals surface area contributed by atoms with E-state index in [9.17, 15) is 18.3 Å². The zero-order valence-electron chi connectivity index (χ0n) is 10.5. The summed E-state index contributed by atoms with van der Waals surface area (Å²) in [4.78, 5) is 0. The smallest absolute Gasteiger partial charge is 0.388 e. The van der Waals surface area contributed by atoms with Crippen molar-refractivity contribution in [3.8, 4) is 0 Å². The molecular weight excluding hydrogens is 259 g/mol. The Balaban J connectivity index is 1.94. The molecule has 7 heteroatoms. The minimum absolute atomic E-state index is 0.0380. The quantitative estimate of drug-likeness (QED) is 0.881. The zero-order chi connectivity index (χ0) is 14.1. The highest BCUT2D eigenvalue weighted by atomic mass is 19.4. The predicted octanol–water partition coefficient (Wildman–Crippen LogP) is 1.78. The SMILES string of the molecule is NCC1(O)CCCC1CCn1ccc(C(F)(F)F)n1. The third-order valence-corrected chi connectivity index (χ3v) is 3.91. The van der Waals surface area contributed by atoms with Crippen LogP contribution in [0.2, 0.25) is 0 Å². The first-order valence-corrected chi connectivity index (χ1v) is 6.38. The lowest BCUT2D eigenvalue weighted by Crippen LogP contribution is -2.41. The Morgan fingerprint density at radius 1 is 1.53 bits per heavy atom. The number of rotatable bonds is 4. The monoisotopic (exact) mass is 277 g/mol. The highest BCUT2D eigenvalue weighted by Crippen LogP contribution is 2.37. The molecular formula is C12H18F3N3O. The van der Waals surface area contributed by atoms with Crippen LogP contribution >= 0.6 is 0 Å². The Hall–Kier alpha value is -1.08. The van der Waals surface area contributed by atoms with Gasteiger partial charge in [-0.2, -0.15) is 18.3 Å². The van der Waals surface area contributed by atoms with Crippen LogP contribution in [-0.2, 0) is 12.7 Å². The molecule has 0 radical (unpaired) electrons. The molecule has 0 aromatic carbocycles. The summed E-state index contributed by atoms with van der Waals surface area (Å²) in [5.74, 6) is 0.0380. The molecule has 0 saturated heterocycles. The van der Waals surface area contributed by atoms with Gasteiger partial charge in [0.05, 0.1) is 5.60 Å². The van der Waals surface area contributed by atoms with E-state index in [2.05, 4.69) is 5.10 Å². The summed E-state index contributed by atoms with van der Waals surface area (Å²) < 4.78 is 38.4. The number of nitrogens with two attached hydrogens (primary N) is 1. The Kier molecular flexibility index (Phi) is 3.87. The Morgan fingerprint density at radius 2 is 2.26 bits per heavy atom. The molecule has 0 aliphatic heterocycles. The number of aryl methyl sites for hydroxylation is 1. The van der Waals surface area contributed by atoms with E-state index in [0.717, 1.165) is 18.9 Å². The van der Waals surface area contributed by atoms with Crippen LogP contribution in [0.1, 0.15) is 31.4 Å². The topological polar surface area (TPSA) is 64.1 Å². The molecule has 2 unspecified atom stereocenters. The van der Waals surface area contributed by atoms with Crippen molar-refractivity contribution in [3.05, 3.63) is 18.0 Å². The highest BCUT2D eigenvalue weighted by molar-refractivity contribution is 5.03. The minimum atomic E-state index is -4.41. The van der Waals surface area contributed by atoms with Crippen LogP contribution in [-0.4, -0.2) is 27.0 Å². The van der Waals surface area contributed by atoms with Gasteiger partial charge in [-0.15, -0.1) is 0 Å². The van der Waals surface area contributed by atoms with Crippen molar-refractivity contribution in [2.75, 3.05) is 6.54 Å². The van der Waals surface area contributed by atoms with Crippen LogP contribution in [0.15, 0.2) is 12.3 Å². The molecule has 0 bridgehead atoms. The molecule has 1 fully saturated rings. The van der Waals surface area contributed by atoms with Gasteiger partial charge < -0.3 is 10.8 Å². The van der Waals surface area contributed by atoms with E-state index in [0.29, 0.717) is 19.4 Å². The summed E-state index contributed by atoms with van der Waals surface area (Å²) in [7, 11) is 0. The lowest BCUT2D eigenvalue weighted by molar-refractivity contribution is -0.141. The van der Waals surface area contributed by atoms with E-state index in [-0.39, 0.29) is 12.5 Å². The molecule has 1 saturated carbocycles. The molecule has 3 N–H and O–H groups in total. The van der Waals surface area contributed by atoms with Crippen LogP contribution in [0, 0.1) is 5.92 Å². The summed E-state index contributed by atoms with van der Waals surface area (Å²) in [6.45, 7) is 0.563.